The highest BCUT2D eigenvalue weighted by atomic mass is 35.5. The highest BCUT2D eigenvalue weighted by Crippen LogP contribution is 2.40. The number of hydrazone groups is 1. The van der Waals surface area contributed by atoms with E-state index in [4.69, 9.17) is 27.9 Å². The average molecular weight is 437 g/mol. The van der Waals surface area contributed by atoms with E-state index in [2.05, 4.69) is 10.2 Å². The van der Waals surface area contributed by atoms with Gasteiger partial charge in [-0.15, -0.1) is 0 Å². The molecule has 1 aromatic heterocycles. The van der Waals surface area contributed by atoms with Crippen LogP contribution in [-0.2, 0) is 6.73 Å². The number of carbonyl (C=O) groups is 1. The summed E-state index contributed by atoms with van der Waals surface area (Å²) in [6.07, 6.45) is -4.59. The molecule has 2 aromatic rings. The van der Waals surface area contributed by atoms with E-state index in [9.17, 15) is 23.1 Å². The number of hydrogen-bond acceptors (Lipinski definition) is 5. The summed E-state index contributed by atoms with van der Waals surface area (Å²) in [5.74, 6) is -0.931. The molecule has 0 aliphatic carbocycles. The van der Waals surface area contributed by atoms with Gasteiger partial charge < -0.3 is 9.84 Å². The second kappa shape index (κ2) is 7.26. The number of ether oxygens (including phenoxy) is 1. The standard InChI is InChI=1S/C16H13Cl2F3N4O3/c1-9-7-15(27,16(19,20)21)25(22-9)14(26)11-5-6-24(23-11)8-28-12-4-2-3-10(17)13(12)18/h2-6,27H,7-8H2,1H3/t15-/m0/s1. The molecule has 28 heavy (non-hydrogen) atoms. The van der Waals surface area contributed by atoms with E-state index in [-0.39, 0.29) is 38.9 Å². The van der Waals surface area contributed by atoms with Gasteiger partial charge in [0.25, 0.3) is 11.6 Å². The minimum absolute atomic E-state index is 0.00367. The lowest BCUT2D eigenvalue weighted by Crippen LogP contribution is -2.56. The summed E-state index contributed by atoms with van der Waals surface area (Å²) < 4.78 is 46.3. The Bertz CT molecular complexity index is 947. The summed E-state index contributed by atoms with van der Waals surface area (Å²) in [7, 11) is 0. The minimum Gasteiger partial charge on any atom is -0.470 e. The van der Waals surface area contributed by atoms with Gasteiger partial charge in [0.15, 0.2) is 12.4 Å². The summed E-state index contributed by atoms with van der Waals surface area (Å²) in [5.41, 5.74) is -3.79. The molecule has 150 valence electrons. The van der Waals surface area contributed by atoms with Crippen LogP contribution in [0.5, 0.6) is 5.75 Å². The van der Waals surface area contributed by atoms with Crippen LogP contribution in [0.15, 0.2) is 35.6 Å². The van der Waals surface area contributed by atoms with Gasteiger partial charge in [-0.3, -0.25) is 4.79 Å². The zero-order valence-corrected chi connectivity index (χ0v) is 15.8. The second-order valence-electron chi connectivity index (χ2n) is 6.01. The molecule has 7 nitrogen and oxygen atoms in total. The van der Waals surface area contributed by atoms with Crippen molar-refractivity contribution in [1.82, 2.24) is 14.8 Å². The fourth-order valence-corrected chi connectivity index (χ4v) is 2.89. The number of hydrogen-bond donors (Lipinski definition) is 1. The molecule has 1 aromatic carbocycles. The van der Waals surface area contributed by atoms with Crippen molar-refractivity contribution < 1.29 is 27.8 Å². The third kappa shape index (κ3) is 3.67. The molecule has 0 saturated heterocycles. The molecule has 1 aliphatic rings. The van der Waals surface area contributed by atoms with Crippen LogP contribution in [0.3, 0.4) is 0 Å². The first kappa shape index (κ1) is 20.4. The molecule has 1 atom stereocenters. The molecule has 2 heterocycles. The predicted octanol–water partition coefficient (Wildman–Crippen LogP) is 3.70. The van der Waals surface area contributed by atoms with Crippen molar-refractivity contribution >= 4 is 34.8 Å². The average Bonchev–Trinajstić information content (AvgIpc) is 3.20. The van der Waals surface area contributed by atoms with Crippen LogP contribution in [-0.4, -0.2) is 43.4 Å². The molecule has 0 unspecified atom stereocenters. The quantitative estimate of drug-likeness (QED) is 0.792. The zero-order chi connectivity index (χ0) is 20.7. The molecule has 0 spiro atoms. The summed E-state index contributed by atoms with van der Waals surface area (Å²) in [5, 5.41) is 17.9. The number of benzene rings is 1. The molecule has 0 fully saturated rings. The van der Waals surface area contributed by atoms with Gasteiger partial charge in [0, 0.05) is 18.3 Å². The van der Waals surface area contributed by atoms with Crippen molar-refractivity contribution in [1.29, 1.82) is 0 Å². The Kier molecular flexibility index (Phi) is 5.30. The van der Waals surface area contributed by atoms with Gasteiger partial charge in [0.1, 0.15) is 10.8 Å². The molecular formula is C16H13Cl2F3N4O3. The van der Waals surface area contributed by atoms with Crippen molar-refractivity contribution in [3.63, 3.8) is 0 Å². The number of rotatable bonds is 4. The molecule has 3 rings (SSSR count). The number of nitrogens with zero attached hydrogens (tertiary/aromatic N) is 4. The molecule has 0 bridgehead atoms. The number of halogens is 5. The molecular weight excluding hydrogens is 424 g/mol. The van der Waals surface area contributed by atoms with E-state index < -0.39 is 24.2 Å². The van der Waals surface area contributed by atoms with Gasteiger partial charge in [0.05, 0.1) is 5.02 Å². The first-order valence-corrected chi connectivity index (χ1v) is 8.56. The Balaban J connectivity index is 1.76. The van der Waals surface area contributed by atoms with Crippen LogP contribution in [0.4, 0.5) is 13.2 Å². The fraction of sp³-hybridized carbons (Fsp3) is 0.312. The molecule has 12 heteroatoms. The maximum absolute atomic E-state index is 13.2. The van der Waals surface area contributed by atoms with E-state index in [0.29, 0.717) is 0 Å². The number of alkyl halides is 3. The number of aromatic nitrogens is 2. The zero-order valence-electron chi connectivity index (χ0n) is 14.2. The molecule has 0 saturated carbocycles. The van der Waals surface area contributed by atoms with Crippen molar-refractivity contribution in [2.75, 3.05) is 0 Å². The largest absolute Gasteiger partial charge is 0.470 e. The highest BCUT2D eigenvalue weighted by molar-refractivity contribution is 6.42. The molecule has 1 aliphatic heterocycles. The fourth-order valence-electron chi connectivity index (χ4n) is 2.54. The van der Waals surface area contributed by atoms with Crippen LogP contribution in [0.1, 0.15) is 23.8 Å². The molecule has 1 amide bonds. The second-order valence-corrected chi connectivity index (χ2v) is 6.79. The van der Waals surface area contributed by atoms with E-state index in [0.717, 1.165) is 0 Å². The Morgan fingerprint density at radius 2 is 2.07 bits per heavy atom. The normalized spacial score (nSPS) is 19.7. The first-order chi connectivity index (χ1) is 13.0. The van der Waals surface area contributed by atoms with Gasteiger partial charge in [-0.25, -0.2) is 4.68 Å². The Morgan fingerprint density at radius 1 is 1.36 bits per heavy atom. The van der Waals surface area contributed by atoms with Crippen LogP contribution in [0.2, 0.25) is 10.0 Å². The maximum Gasteiger partial charge on any atom is 0.438 e. The van der Waals surface area contributed by atoms with Gasteiger partial charge in [-0.2, -0.15) is 28.4 Å². The van der Waals surface area contributed by atoms with Crippen molar-refractivity contribution in [2.45, 2.75) is 32.0 Å². The number of carbonyl (C=O) groups excluding carboxylic acids is 1. The van der Waals surface area contributed by atoms with Gasteiger partial charge in [-0.05, 0) is 25.1 Å². The van der Waals surface area contributed by atoms with Gasteiger partial charge in [-0.1, -0.05) is 29.3 Å². The minimum atomic E-state index is -5.08. The lowest BCUT2D eigenvalue weighted by molar-refractivity contribution is -0.297. The third-order valence-electron chi connectivity index (χ3n) is 3.90. The van der Waals surface area contributed by atoms with Gasteiger partial charge in [0.2, 0.25) is 0 Å². The van der Waals surface area contributed by atoms with Gasteiger partial charge >= 0.3 is 6.18 Å². The van der Waals surface area contributed by atoms with E-state index in [1.165, 1.54) is 23.9 Å². The maximum atomic E-state index is 13.2. The topological polar surface area (TPSA) is 80.0 Å². The summed E-state index contributed by atoms with van der Waals surface area (Å²) in [6, 6.07) is 5.94. The summed E-state index contributed by atoms with van der Waals surface area (Å²) >= 11 is 11.9. The predicted molar refractivity (Wildman–Crippen MR) is 94.2 cm³/mol. The van der Waals surface area contributed by atoms with E-state index in [1.54, 1.807) is 18.2 Å². The van der Waals surface area contributed by atoms with Crippen LogP contribution >= 0.6 is 23.2 Å². The SMILES string of the molecule is CC1=NN(C(=O)c2ccn(COc3cccc(Cl)c3Cl)n2)[C@@](O)(C(F)(F)F)C1. The Labute approximate surface area is 166 Å². The van der Waals surface area contributed by atoms with Crippen molar-refractivity contribution in [3.8, 4) is 5.75 Å². The lowest BCUT2D eigenvalue weighted by Gasteiger charge is -2.32. The monoisotopic (exact) mass is 436 g/mol. The Hall–Kier alpha value is -2.30. The van der Waals surface area contributed by atoms with E-state index in [1.807, 2.05) is 0 Å². The third-order valence-corrected chi connectivity index (χ3v) is 4.70. The molecule has 1 N–H and O–H groups in total. The Morgan fingerprint density at radius 3 is 2.75 bits per heavy atom. The summed E-state index contributed by atoms with van der Waals surface area (Å²) in [4.78, 5) is 12.4. The molecule has 0 radical (unpaired) electrons. The first-order valence-electron chi connectivity index (χ1n) is 7.81. The highest BCUT2D eigenvalue weighted by Gasteiger charge is 2.63. The van der Waals surface area contributed by atoms with Crippen molar-refractivity contribution in [3.05, 3.63) is 46.2 Å². The number of aliphatic hydroxyl groups is 1. The van der Waals surface area contributed by atoms with Crippen LogP contribution in [0.25, 0.3) is 0 Å². The van der Waals surface area contributed by atoms with Crippen LogP contribution < -0.4 is 4.74 Å². The number of amides is 1. The van der Waals surface area contributed by atoms with Crippen LogP contribution in [0, 0.1) is 0 Å². The van der Waals surface area contributed by atoms with Crippen molar-refractivity contribution in [2.24, 2.45) is 5.10 Å². The summed E-state index contributed by atoms with van der Waals surface area (Å²) in [6.45, 7) is 1.10. The van der Waals surface area contributed by atoms with E-state index >= 15 is 0 Å². The lowest BCUT2D eigenvalue weighted by atomic mass is 10.1. The smallest absolute Gasteiger partial charge is 0.438 e.